The van der Waals surface area contributed by atoms with Crippen molar-refractivity contribution in [1.82, 2.24) is 0 Å². The first-order valence-corrected chi connectivity index (χ1v) is 14.1. The fourth-order valence-electron chi connectivity index (χ4n) is 7.24. The Morgan fingerprint density at radius 3 is 1.50 bits per heavy atom. The average molecular weight is 565 g/mol. The van der Waals surface area contributed by atoms with Gasteiger partial charge in [0, 0.05) is 42.1 Å². The molecule has 6 rings (SSSR count). The second-order valence-electron chi connectivity index (χ2n) is 11.3. The van der Waals surface area contributed by atoms with Crippen LogP contribution in [0.3, 0.4) is 0 Å². The summed E-state index contributed by atoms with van der Waals surface area (Å²) in [4.78, 5) is 3.97. The minimum absolute atomic E-state index is 0.0606. The summed E-state index contributed by atoms with van der Waals surface area (Å²) in [6.07, 6.45) is 1.42. The Hall–Kier alpha value is -2.93. The molecule has 4 bridgehead atoms. The highest BCUT2D eigenvalue weighted by Gasteiger charge is 2.43. The number of nitriles is 1. The summed E-state index contributed by atoms with van der Waals surface area (Å²) < 4.78 is 79.8. The van der Waals surface area contributed by atoms with Crippen molar-refractivity contribution in [2.45, 2.75) is 107 Å². The van der Waals surface area contributed by atoms with Gasteiger partial charge in [0.15, 0.2) is 0 Å². The van der Waals surface area contributed by atoms with Crippen molar-refractivity contribution in [2.75, 3.05) is 9.80 Å². The van der Waals surface area contributed by atoms with Crippen molar-refractivity contribution in [2.24, 2.45) is 5.73 Å². The van der Waals surface area contributed by atoms with Crippen molar-refractivity contribution < 1.29 is 26.3 Å². The molecule has 10 heteroatoms. The predicted molar refractivity (Wildman–Crippen MR) is 142 cm³/mol. The van der Waals surface area contributed by atoms with Gasteiger partial charge < -0.3 is 15.5 Å². The minimum Gasteiger partial charge on any atom is -0.365 e. The zero-order chi connectivity index (χ0) is 28.7. The number of hydrogen-bond acceptors (Lipinski definition) is 4. The van der Waals surface area contributed by atoms with E-state index in [2.05, 4.69) is 0 Å². The van der Waals surface area contributed by atoms with E-state index < -0.39 is 23.5 Å². The summed E-state index contributed by atoms with van der Waals surface area (Å²) >= 11 is 0. The Bertz CT molecular complexity index is 1220. The number of nitrogens with two attached hydrogens (primary N) is 1. The van der Waals surface area contributed by atoms with Crippen LogP contribution in [-0.4, -0.2) is 24.2 Å². The maximum absolute atomic E-state index is 13.3. The Kier molecular flexibility index (Phi) is 7.97. The molecule has 0 aromatic heterocycles. The Morgan fingerprint density at radius 2 is 1.10 bits per heavy atom. The maximum Gasteiger partial charge on any atom is 0.418 e. The lowest BCUT2D eigenvalue weighted by atomic mass is 9.99. The third kappa shape index (κ3) is 5.63. The highest BCUT2D eigenvalue weighted by Crippen LogP contribution is 2.46. The predicted octanol–water partition coefficient (Wildman–Crippen LogP) is 7.78. The van der Waals surface area contributed by atoms with Gasteiger partial charge in [-0.3, -0.25) is 0 Å². The van der Waals surface area contributed by atoms with Crippen molar-refractivity contribution in [3.05, 3.63) is 58.7 Å². The minimum atomic E-state index is -4.42. The van der Waals surface area contributed by atoms with E-state index in [9.17, 15) is 26.3 Å². The Labute approximate surface area is 230 Å². The number of fused-ring (bicyclic) bond motifs is 4. The molecule has 2 N–H and O–H groups in total. The number of halogens is 6. The van der Waals surface area contributed by atoms with Gasteiger partial charge in [0.1, 0.15) is 0 Å². The molecule has 2 aromatic carbocycles. The van der Waals surface area contributed by atoms with E-state index in [0.717, 1.165) is 70.3 Å². The number of nitrogens with zero attached hydrogens (tertiary/aromatic N) is 3. The Morgan fingerprint density at radius 1 is 0.675 bits per heavy atom. The molecule has 4 aliphatic heterocycles. The van der Waals surface area contributed by atoms with Gasteiger partial charge in [0.05, 0.1) is 22.8 Å². The molecule has 0 radical (unpaired) electrons. The van der Waals surface area contributed by atoms with Crippen LogP contribution in [-0.2, 0) is 18.9 Å². The number of piperidine rings is 2. The van der Waals surface area contributed by atoms with Crippen LogP contribution in [0.4, 0.5) is 37.7 Å². The highest BCUT2D eigenvalue weighted by atomic mass is 19.4. The first-order valence-electron chi connectivity index (χ1n) is 14.1. The first-order chi connectivity index (χ1) is 19.0. The standard InChI is InChI=1S/C15H19F3N2.C15H15F3N2/c2*16-15(17,18)13-8-10(9-19)4-7-14(13)20-11-2-1-3-12(20)6-5-11/h4,7-8,11-12H,1-3,5-6,9,19H2;4,7-8,11-12H,1-3,5-6H2. The van der Waals surface area contributed by atoms with Crippen LogP contribution in [0.2, 0.25) is 0 Å². The molecule has 216 valence electrons. The van der Waals surface area contributed by atoms with Crippen LogP contribution in [0.25, 0.3) is 0 Å². The quantitative estimate of drug-likeness (QED) is 0.387. The lowest BCUT2D eigenvalue weighted by Crippen LogP contribution is -2.40. The van der Waals surface area contributed by atoms with Crippen molar-refractivity contribution >= 4 is 11.4 Å². The molecule has 0 spiro atoms. The van der Waals surface area contributed by atoms with Crippen LogP contribution < -0.4 is 15.5 Å². The summed E-state index contributed by atoms with van der Waals surface area (Å²) in [5.41, 5.74) is 5.47. The summed E-state index contributed by atoms with van der Waals surface area (Å²) in [6, 6.07) is 11.3. The molecule has 0 aliphatic carbocycles. The van der Waals surface area contributed by atoms with Crippen LogP contribution in [0.1, 0.15) is 86.5 Å². The zero-order valence-corrected chi connectivity index (χ0v) is 22.2. The number of alkyl halides is 6. The lowest BCUT2D eigenvalue weighted by molar-refractivity contribution is -0.138. The van der Waals surface area contributed by atoms with Crippen LogP contribution >= 0.6 is 0 Å². The highest BCUT2D eigenvalue weighted by molar-refractivity contribution is 5.61. The van der Waals surface area contributed by atoms with E-state index in [-0.39, 0.29) is 42.0 Å². The van der Waals surface area contributed by atoms with E-state index in [1.807, 2.05) is 9.80 Å². The summed E-state index contributed by atoms with van der Waals surface area (Å²) in [7, 11) is 0. The van der Waals surface area contributed by atoms with Gasteiger partial charge >= 0.3 is 12.4 Å². The van der Waals surface area contributed by atoms with Crippen LogP contribution in [0, 0.1) is 11.3 Å². The molecule has 4 atom stereocenters. The van der Waals surface area contributed by atoms with E-state index in [0.29, 0.717) is 11.3 Å². The molecular weight excluding hydrogens is 530 g/mol. The Balaban J connectivity index is 0.000000161. The third-order valence-electron chi connectivity index (χ3n) is 8.98. The molecule has 40 heavy (non-hydrogen) atoms. The molecule has 4 aliphatic rings. The molecule has 2 aromatic rings. The zero-order valence-electron chi connectivity index (χ0n) is 22.2. The topological polar surface area (TPSA) is 56.3 Å². The van der Waals surface area contributed by atoms with E-state index in [4.69, 9.17) is 11.0 Å². The number of anilines is 2. The van der Waals surface area contributed by atoms with E-state index >= 15 is 0 Å². The first kappa shape index (κ1) is 28.6. The molecule has 0 saturated carbocycles. The number of hydrogen-bond donors (Lipinski definition) is 1. The van der Waals surface area contributed by atoms with Gasteiger partial charge in [-0.25, -0.2) is 0 Å². The van der Waals surface area contributed by atoms with E-state index in [1.54, 1.807) is 18.2 Å². The second kappa shape index (κ2) is 11.2. The van der Waals surface area contributed by atoms with Crippen molar-refractivity contribution in [3.8, 4) is 6.07 Å². The van der Waals surface area contributed by atoms with Crippen LogP contribution in [0.15, 0.2) is 36.4 Å². The van der Waals surface area contributed by atoms with Gasteiger partial charge in [-0.05, 0) is 100 Å². The summed E-state index contributed by atoms with van der Waals surface area (Å²) in [5, 5.41) is 8.81. The van der Waals surface area contributed by atoms with Crippen molar-refractivity contribution in [1.29, 1.82) is 5.26 Å². The number of rotatable bonds is 3. The summed E-state index contributed by atoms with van der Waals surface area (Å²) in [6.45, 7) is 0.135. The van der Waals surface area contributed by atoms with Gasteiger partial charge in [0.25, 0.3) is 0 Å². The monoisotopic (exact) mass is 564 g/mol. The van der Waals surface area contributed by atoms with Gasteiger partial charge in [0.2, 0.25) is 0 Å². The molecule has 0 amide bonds. The normalized spacial score (nSPS) is 25.9. The van der Waals surface area contributed by atoms with Gasteiger partial charge in [-0.2, -0.15) is 31.6 Å². The molecule has 4 heterocycles. The SMILES string of the molecule is N#Cc1ccc(N2C3CCCC2CC3)c(C(F)(F)F)c1.NCc1ccc(N2C3CCCC2CC3)c(C(F)(F)F)c1. The molecule has 4 unspecified atom stereocenters. The summed E-state index contributed by atoms with van der Waals surface area (Å²) in [5.74, 6) is 0. The largest absolute Gasteiger partial charge is 0.418 e. The third-order valence-corrected chi connectivity index (χ3v) is 8.98. The van der Waals surface area contributed by atoms with Crippen molar-refractivity contribution in [3.63, 3.8) is 0 Å². The fraction of sp³-hybridized carbons (Fsp3) is 0.567. The van der Waals surface area contributed by atoms with Crippen LogP contribution in [0.5, 0.6) is 0 Å². The molecule has 4 fully saturated rings. The fourth-order valence-corrected chi connectivity index (χ4v) is 7.24. The second-order valence-corrected chi connectivity index (χ2v) is 11.3. The smallest absolute Gasteiger partial charge is 0.365 e. The lowest BCUT2D eigenvalue weighted by Gasteiger charge is -2.38. The molecule has 4 saturated heterocycles. The maximum atomic E-state index is 13.3. The molecular formula is C30H34F6N4. The average Bonchev–Trinajstić information content (AvgIpc) is 3.32. The molecule has 4 nitrogen and oxygen atoms in total. The van der Waals surface area contributed by atoms with E-state index in [1.165, 1.54) is 18.2 Å². The van der Waals surface area contributed by atoms with Gasteiger partial charge in [-0.15, -0.1) is 0 Å². The van der Waals surface area contributed by atoms with Gasteiger partial charge in [-0.1, -0.05) is 6.07 Å². The number of benzene rings is 2.